The Balaban J connectivity index is 2.05. The molecule has 0 fully saturated rings. The van der Waals surface area contributed by atoms with Gasteiger partial charge in [-0.3, -0.25) is 4.79 Å². The van der Waals surface area contributed by atoms with Crippen LogP contribution in [0.3, 0.4) is 0 Å². The Morgan fingerprint density at radius 3 is 2.71 bits per heavy atom. The van der Waals surface area contributed by atoms with Gasteiger partial charge >= 0.3 is 0 Å². The van der Waals surface area contributed by atoms with Gasteiger partial charge in [-0.25, -0.2) is 9.37 Å². The molecule has 21 heavy (non-hydrogen) atoms. The van der Waals surface area contributed by atoms with Gasteiger partial charge in [-0.2, -0.15) is 5.26 Å². The van der Waals surface area contributed by atoms with Crippen LogP contribution < -0.4 is 10.3 Å². The monoisotopic (exact) mass is 282 g/mol. The van der Waals surface area contributed by atoms with Crippen LogP contribution in [0, 0.1) is 17.1 Å². The number of pyridine rings is 1. The van der Waals surface area contributed by atoms with Gasteiger partial charge in [0, 0.05) is 18.2 Å². The third-order valence-corrected chi connectivity index (χ3v) is 2.77. The fourth-order valence-corrected chi connectivity index (χ4v) is 1.69. The average Bonchev–Trinajstić information content (AvgIpc) is 2.53. The number of nitrogens with zero attached hydrogens (tertiary/aromatic N) is 1. The molecule has 0 saturated carbocycles. The van der Waals surface area contributed by atoms with Crippen molar-refractivity contribution in [1.82, 2.24) is 5.32 Å². The number of amides is 1. The van der Waals surface area contributed by atoms with Crippen LogP contribution in [0.2, 0.25) is 0 Å². The SMILES string of the molecule is N#CC(=Cc1ccc(F)cc1)C(=O)NCc1ccc[nH+]c1. The number of H-pyrrole nitrogens is 1. The Labute approximate surface area is 121 Å². The second-order valence-corrected chi connectivity index (χ2v) is 4.32. The molecule has 1 aromatic carbocycles. The van der Waals surface area contributed by atoms with E-state index in [2.05, 4.69) is 10.3 Å². The van der Waals surface area contributed by atoms with Crippen LogP contribution in [0.1, 0.15) is 11.1 Å². The molecule has 0 unspecified atom stereocenters. The van der Waals surface area contributed by atoms with Gasteiger partial charge in [0.25, 0.3) is 5.91 Å². The van der Waals surface area contributed by atoms with E-state index in [1.807, 2.05) is 18.2 Å². The maximum Gasteiger partial charge on any atom is 0.262 e. The third kappa shape index (κ3) is 4.25. The third-order valence-electron chi connectivity index (χ3n) is 2.77. The number of hydrogen-bond acceptors (Lipinski definition) is 2. The molecule has 4 nitrogen and oxygen atoms in total. The van der Waals surface area contributed by atoms with E-state index in [0.717, 1.165) is 5.56 Å². The minimum atomic E-state index is -0.467. The Bertz CT molecular complexity index is 688. The van der Waals surface area contributed by atoms with Crippen molar-refractivity contribution in [2.75, 3.05) is 0 Å². The van der Waals surface area contributed by atoms with Crippen LogP contribution in [0.5, 0.6) is 0 Å². The molecule has 0 aliphatic rings. The molecule has 0 aliphatic heterocycles. The molecule has 0 spiro atoms. The Morgan fingerprint density at radius 2 is 2.10 bits per heavy atom. The highest BCUT2D eigenvalue weighted by atomic mass is 19.1. The summed E-state index contributed by atoms with van der Waals surface area (Å²) in [5.74, 6) is -0.832. The van der Waals surface area contributed by atoms with Crippen molar-refractivity contribution < 1.29 is 14.2 Å². The summed E-state index contributed by atoms with van der Waals surface area (Å²) in [4.78, 5) is 14.8. The van der Waals surface area contributed by atoms with E-state index in [1.54, 1.807) is 12.4 Å². The summed E-state index contributed by atoms with van der Waals surface area (Å²) >= 11 is 0. The van der Waals surface area contributed by atoms with Gasteiger partial charge in [0.1, 0.15) is 17.5 Å². The van der Waals surface area contributed by atoms with Crippen LogP contribution in [0.4, 0.5) is 4.39 Å². The summed E-state index contributed by atoms with van der Waals surface area (Å²) in [5.41, 5.74) is 1.46. The zero-order chi connectivity index (χ0) is 15.1. The van der Waals surface area contributed by atoms with Crippen molar-refractivity contribution in [3.63, 3.8) is 0 Å². The highest BCUT2D eigenvalue weighted by molar-refractivity contribution is 6.01. The number of carbonyl (C=O) groups is 1. The number of hydrogen-bond donors (Lipinski definition) is 1. The topological polar surface area (TPSA) is 67.0 Å². The number of nitriles is 1. The van der Waals surface area contributed by atoms with Crippen LogP contribution >= 0.6 is 0 Å². The lowest BCUT2D eigenvalue weighted by Crippen LogP contribution is -2.24. The molecule has 0 saturated heterocycles. The molecule has 0 radical (unpaired) electrons. The second kappa shape index (κ2) is 6.96. The van der Waals surface area contributed by atoms with Gasteiger partial charge in [0.2, 0.25) is 0 Å². The highest BCUT2D eigenvalue weighted by Gasteiger charge is 2.09. The van der Waals surface area contributed by atoms with Crippen LogP contribution in [-0.4, -0.2) is 5.91 Å². The van der Waals surface area contributed by atoms with E-state index in [-0.39, 0.29) is 11.4 Å². The summed E-state index contributed by atoms with van der Waals surface area (Å²) in [5, 5.41) is 11.7. The molecular formula is C16H13FN3O+. The predicted octanol–water partition coefficient (Wildman–Crippen LogP) is 1.86. The lowest BCUT2D eigenvalue weighted by Gasteiger charge is -2.03. The first-order valence-corrected chi connectivity index (χ1v) is 6.29. The number of halogens is 1. The molecule has 2 N–H and O–H groups in total. The summed E-state index contributed by atoms with van der Waals surface area (Å²) < 4.78 is 12.8. The second-order valence-electron chi connectivity index (χ2n) is 4.32. The van der Waals surface area contributed by atoms with Crippen LogP contribution in [-0.2, 0) is 11.3 Å². The molecule has 1 aromatic heterocycles. The molecule has 104 valence electrons. The maximum atomic E-state index is 12.8. The Hall–Kier alpha value is -3.00. The van der Waals surface area contributed by atoms with E-state index >= 15 is 0 Å². The van der Waals surface area contributed by atoms with E-state index in [1.165, 1.54) is 30.3 Å². The lowest BCUT2D eigenvalue weighted by molar-refractivity contribution is -0.378. The number of nitrogens with one attached hydrogen (secondary N) is 2. The number of rotatable bonds is 4. The quantitative estimate of drug-likeness (QED) is 0.687. The van der Waals surface area contributed by atoms with Crippen molar-refractivity contribution in [2.24, 2.45) is 0 Å². The van der Waals surface area contributed by atoms with Gasteiger partial charge in [-0.1, -0.05) is 12.1 Å². The van der Waals surface area contributed by atoms with Crippen molar-refractivity contribution in [1.29, 1.82) is 5.26 Å². The van der Waals surface area contributed by atoms with Gasteiger partial charge < -0.3 is 5.32 Å². The van der Waals surface area contributed by atoms with Crippen molar-refractivity contribution >= 4 is 12.0 Å². The first kappa shape index (κ1) is 14.4. The first-order valence-electron chi connectivity index (χ1n) is 6.29. The average molecular weight is 282 g/mol. The molecule has 1 heterocycles. The molecule has 2 aromatic rings. The maximum absolute atomic E-state index is 12.8. The normalized spacial score (nSPS) is 10.8. The number of aromatic amines is 1. The van der Waals surface area contributed by atoms with Crippen molar-refractivity contribution in [2.45, 2.75) is 6.54 Å². The van der Waals surface area contributed by atoms with Gasteiger partial charge in [-0.15, -0.1) is 0 Å². The molecule has 0 aliphatic carbocycles. The molecule has 0 atom stereocenters. The van der Waals surface area contributed by atoms with Gasteiger partial charge in [0.15, 0.2) is 12.4 Å². The molecule has 1 amide bonds. The minimum Gasteiger partial charge on any atom is -0.347 e. The summed E-state index contributed by atoms with van der Waals surface area (Å²) in [7, 11) is 0. The lowest BCUT2D eigenvalue weighted by atomic mass is 10.1. The Kier molecular flexibility index (Phi) is 4.78. The van der Waals surface area contributed by atoms with Crippen LogP contribution in [0.25, 0.3) is 6.08 Å². The molecule has 0 bridgehead atoms. The van der Waals surface area contributed by atoms with Crippen molar-refractivity contribution in [3.05, 3.63) is 71.3 Å². The first-order chi connectivity index (χ1) is 10.2. The number of carbonyl (C=O) groups excluding carboxylic acids is 1. The fourth-order valence-electron chi connectivity index (χ4n) is 1.69. The standard InChI is InChI=1S/C16H12FN3O/c17-15-5-3-12(4-6-15)8-14(9-18)16(21)20-11-13-2-1-7-19-10-13/h1-8,10H,11H2,(H,20,21)/p+1. The largest absolute Gasteiger partial charge is 0.347 e. The summed E-state index contributed by atoms with van der Waals surface area (Å²) in [6.45, 7) is 0.318. The van der Waals surface area contributed by atoms with Crippen molar-refractivity contribution in [3.8, 4) is 6.07 Å². The smallest absolute Gasteiger partial charge is 0.262 e. The highest BCUT2D eigenvalue weighted by Crippen LogP contribution is 2.08. The van der Waals surface area contributed by atoms with E-state index < -0.39 is 5.91 Å². The number of aromatic nitrogens is 1. The summed E-state index contributed by atoms with van der Waals surface area (Å²) in [6.07, 6.45) is 4.95. The fraction of sp³-hybridized carbons (Fsp3) is 0.0625. The number of benzene rings is 1. The van der Waals surface area contributed by atoms with Gasteiger partial charge in [-0.05, 0) is 29.8 Å². The van der Waals surface area contributed by atoms with Gasteiger partial charge in [0.05, 0.1) is 0 Å². The van der Waals surface area contributed by atoms with E-state index in [4.69, 9.17) is 5.26 Å². The minimum absolute atomic E-state index is 0.0264. The van der Waals surface area contributed by atoms with Crippen LogP contribution in [0.15, 0.2) is 54.4 Å². The molecular weight excluding hydrogens is 269 g/mol. The molecule has 2 rings (SSSR count). The summed E-state index contributed by atoms with van der Waals surface area (Å²) in [6, 6.07) is 11.1. The predicted molar refractivity (Wildman–Crippen MR) is 74.8 cm³/mol. The zero-order valence-electron chi connectivity index (χ0n) is 11.1. The Morgan fingerprint density at radius 1 is 1.33 bits per heavy atom. The zero-order valence-corrected chi connectivity index (χ0v) is 11.1. The van der Waals surface area contributed by atoms with E-state index in [0.29, 0.717) is 12.1 Å². The van der Waals surface area contributed by atoms with E-state index in [9.17, 15) is 9.18 Å². The molecule has 5 heteroatoms.